The highest BCUT2D eigenvalue weighted by Gasteiger charge is 2.13. The molecular weight excluding hydrogens is 512 g/mol. The number of carbonyl (C=O) groups excluding carboxylic acids is 2. The van der Waals surface area contributed by atoms with Gasteiger partial charge in [-0.25, -0.2) is 5.43 Å². The summed E-state index contributed by atoms with van der Waals surface area (Å²) in [5.74, 6) is 0.214. The van der Waals surface area contributed by atoms with Crippen LogP contribution < -0.4 is 15.5 Å². The Balaban J connectivity index is 1.16. The van der Waals surface area contributed by atoms with Gasteiger partial charge in [-0.3, -0.25) is 14.9 Å². The molecular formula is C29H26N6O3S. The van der Waals surface area contributed by atoms with Gasteiger partial charge in [-0.15, -0.1) is 10.2 Å². The molecule has 0 radical (unpaired) electrons. The summed E-state index contributed by atoms with van der Waals surface area (Å²) >= 11 is 1.15. The van der Waals surface area contributed by atoms with Gasteiger partial charge in [0.05, 0.1) is 19.2 Å². The molecule has 2 N–H and O–H groups in total. The lowest BCUT2D eigenvalue weighted by molar-refractivity contribution is -0.120. The van der Waals surface area contributed by atoms with Crippen LogP contribution in [0.15, 0.2) is 90.2 Å². The van der Waals surface area contributed by atoms with Crippen molar-refractivity contribution in [1.29, 1.82) is 0 Å². The molecule has 0 bridgehead atoms. The summed E-state index contributed by atoms with van der Waals surface area (Å²) in [5, 5.41) is 16.7. The van der Waals surface area contributed by atoms with Crippen molar-refractivity contribution in [3.63, 3.8) is 0 Å². The van der Waals surface area contributed by atoms with Gasteiger partial charge in [0, 0.05) is 28.2 Å². The van der Waals surface area contributed by atoms with Gasteiger partial charge >= 0.3 is 0 Å². The normalized spacial score (nSPS) is 11.1. The summed E-state index contributed by atoms with van der Waals surface area (Å²) in [6.07, 6.45) is 3.61. The number of fused-ring (bicyclic) bond motifs is 1. The third kappa shape index (κ3) is 6.74. The molecule has 0 saturated heterocycles. The minimum absolute atomic E-state index is 0.00596. The summed E-state index contributed by atoms with van der Waals surface area (Å²) < 4.78 is 7.95. The molecule has 3 aromatic carbocycles. The molecule has 0 fully saturated rings. The summed E-state index contributed by atoms with van der Waals surface area (Å²) in [5.41, 5.74) is 6.07. The number of ether oxygens (including phenoxy) is 1. The molecule has 0 aliphatic heterocycles. The number of benzene rings is 3. The largest absolute Gasteiger partial charge is 0.492 e. The molecule has 2 heterocycles. The molecule has 0 saturated carbocycles. The molecule has 0 aliphatic carbocycles. The number of hydrogen-bond donors (Lipinski definition) is 2. The van der Waals surface area contributed by atoms with E-state index in [4.69, 9.17) is 4.74 Å². The van der Waals surface area contributed by atoms with E-state index < -0.39 is 0 Å². The first-order valence-electron chi connectivity index (χ1n) is 12.3. The number of rotatable bonds is 10. The van der Waals surface area contributed by atoms with Crippen molar-refractivity contribution >= 4 is 45.4 Å². The first kappa shape index (κ1) is 25.8. The number of amides is 2. The fourth-order valence-corrected chi connectivity index (χ4v) is 4.68. The van der Waals surface area contributed by atoms with Crippen molar-refractivity contribution in [2.24, 2.45) is 5.10 Å². The minimum atomic E-state index is -0.334. The van der Waals surface area contributed by atoms with E-state index in [2.05, 4.69) is 30.6 Å². The van der Waals surface area contributed by atoms with Gasteiger partial charge in [-0.2, -0.15) is 5.10 Å². The number of hydrazone groups is 1. The fourth-order valence-electron chi connectivity index (χ4n) is 3.94. The molecule has 2 aromatic heterocycles. The summed E-state index contributed by atoms with van der Waals surface area (Å²) in [7, 11) is 0. The molecule has 0 spiro atoms. The Morgan fingerprint density at radius 3 is 2.59 bits per heavy atom. The molecule has 2 amide bonds. The third-order valence-electron chi connectivity index (χ3n) is 5.87. The van der Waals surface area contributed by atoms with Crippen molar-refractivity contribution in [3.8, 4) is 5.75 Å². The van der Waals surface area contributed by atoms with E-state index in [1.807, 2.05) is 79.9 Å². The second-order valence-corrected chi connectivity index (χ2v) is 9.81. The number of nitrogens with zero attached hydrogens (tertiary/aromatic N) is 4. The first-order valence-corrected chi connectivity index (χ1v) is 13.1. The van der Waals surface area contributed by atoms with Crippen LogP contribution in [0.3, 0.4) is 0 Å². The molecule has 9 nitrogen and oxygen atoms in total. The topological polar surface area (TPSA) is 111 Å². The van der Waals surface area contributed by atoms with Crippen molar-refractivity contribution < 1.29 is 14.3 Å². The lowest BCUT2D eigenvalue weighted by atomic mass is 10.1. The van der Waals surface area contributed by atoms with Crippen LogP contribution >= 0.6 is 11.3 Å². The highest BCUT2D eigenvalue weighted by Crippen LogP contribution is 2.21. The second kappa shape index (κ2) is 12.1. The summed E-state index contributed by atoms with van der Waals surface area (Å²) in [6.45, 7) is 3.14. The summed E-state index contributed by atoms with van der Waals surface area (Å²) in [6, 6.07) is 24.9. The highest BCUT2D eigenvalue weighted by atomic mass is 32.1. The zero-order chi connectivity index (χ0) is 27.0. The maximum atomic E-state index is 12.4. The van der Waals surface area contributed by atoms with E-state index in [1.165, 1.54) is 0 Å². The van der Waals surface area contributed by atoms with Crippen LogP contribution in [0.25, 0.3) is 10.9 Å². The van der Waals surface area contributed by atoms with Crippen LogP contribution in [0.1, 0.15) is 26.5 Å². The van der Waals surface area contributed by atoms with Crippen molar-refractivity contribution in [1.82, 2.24) is 20.2 Å². The van der Waals surface area contributed by atoms with E-state index in [1.54, 1.807) is 18.3 Å². The van der Waals surface area contributed by atoms with Gasteiger partial charge in [0.2, 0.25) is 11.0 Å². The van der Waals surface area contributed by atoms with Gasteiger partial charge in [-0.05, 0) is 37.3 Å². The molecule has 5 rings (SSSR count). The Hall–Kier alpha value is -4.83. The average molecular weight is 539 g/mol. The van der Waals surface area contributed by atoms with Gasteiger partial charge in [0.15, 0.2) is 0 Å². The van der Waals surface area contributed by atoms with Crippen LogP contribution in [0, 0.1) is 6.92 Å². The number of hydrogen-bond acceptors (Lipinski definition) is 7. The van der Waals surface area contributed by atoms with Gasteiger partial charge in [-0.1, -0.05) is 65.4 Å². The molecule has 39 heavy (non-hydrogen) atoms. The first-order chi connectivity index (χ1) is 19.0. The zero-order valence-corrected chi connectivity index (χ0v) is 22.0. The van der Waals surface area contributed by atoms with Gasteiger partial charge in [0.1, 0.15) is 17.4 Å². The van der Waals surface area contributed by atoms with Crippen LogP contribution in [0.5, 0.6) is 5.75 Å². The van der Waals surface area contributed by atoms with Crippen molar-refractivity contribution in [2.45, 2.75) is 19.9 Å². The quantitative estimate of drug-likeness (QED) is 0.196. The van der Waals surface area contributed by atoms with Crippen LogP contribution in [0.4, 0.5) is 5.13 Å². The minimum Gasteiger partial charge on any atom is -0.492 e. The number of aryl methyl sites for hydroxylation is 1. The maximum Gasteiger partial charge on any atom is 0.257 e. The average Bonchev–Trinajstić information content (AvgIpc) is 3.53. The molecule has 196 valence electrons. The van der Waals surface area contributed by atoms with E-state index >= 15 is 0 Å². The number of para-hydroxylation sites is 2. The zero-order valence-electron chi connectivity index (χ0n) is 21.2. The molecule has 5 aromatic rings. The number of carbonyl (C=O) groups is 2. The lowest BCUT2D eigenvalue weighted by Crippen LogP contribution is -2.19. The number of aromatic nitrogens is 3. The monoisotopic (exact) mass is 538 g/mol. The van der Waals surface area contributed by atoms with Crippen molar-refractivity contribution in [3.05, 3.63) is 107 Å². The summed E-state index contributed by atoms with van der Waals surface area (Å²) in [4.78, 5) is 24.8. The highest BCUT2D eigenvalue weighted by molar-refractivity contribution is 7.15. The predicted octanol–water partition coefficient (Wildman–Crippen LogP) is 4.83. The van der Waals surface area contributed by atoms with E-state index in [-0.39, 0.29) is 18.2 Å². The van der Waals surface area contributed by atoms with E-state index in [9.17, 15) is 9.59 Å². The predicted molar refractivity (Wildman–Crippen MR) is 152 cm³/mol. The Morgan fingerprint density at radius 2 is 1.77 bits per heavy atom. The Labute approximate surface area is 229 Å². The van der Waals surface area contributed by atoms with Crippen LogP contribution in [-0.4, -0.2) is 39.4 Å². The fraction of sp³-hybridized carbons (Fsp3) is 0.138. The maximum absolute atomic E-state index is 12.4. The number of nitrogens with one attached hydrogen (secondary N) is 2. The third-order valence-corrected chi connectivity index (χ3v) is 6.71. The molecule has 0 unspecified atom stereocenters. The molecule has 10 heteroatoms. The lowest BCUT2D eigenvalue weighted by Gasteiger charge is -2.08. The van der Waals surface area contributed by atoms with E-state index in [0.29, 0.717) is 28.9 Å². The Kier molecular flexibility index (Phi) is 8.03. The molecule has 0 aliphatic rings. The van der Waals surface area contributed by atoms with Gasteiger partial charge < -0.3 is 9.30 Å². The standard InChI is InChI=1S/C29H26N6O3S/c1-20-11-13-21(14-12-20)28(37)31-29-34-33-27(39-29)17-26(36)32-30-18-22-19-35(25-10-6-5-9-24(22)25)15-16-38-23-7-3-2-4-8-23/h2-14,18-19H,15-17H2,1H3,(H,32,36)(H,31,34,37)/b30-18-. The van der Waals surface area contributed by atoms with Crippen LogP contribution in [-0.2, 0) is 17.8 Å². The second-order valence-electron chi connectivity index (χ2n) is 8.75. The van der Waals surface area contributed by atoms with Gasteiger partial charge in [0.25, 0.3) is 5.91 Å². The Morgan fingerprint density at radius 1 is 1.00 bits per heavy atom. The smallest absolute Gasteiger partial charge is 0.257 e. The van der Waals surface area contributed by atoms with E-state index in [0.717, 1.165) is 39.1 Å². The number of anilines is 1. The molecule has 0 atom stereocenters. The SMILES string of the molecule is Cc1ccc(C(=O)Nc2nnc(CC(=O)N/N=C\c3cn(CCOc4ccccc4)c4ccccc34)s2)cc1. The Bertz CT molecular complexity index is 1610. The van der Waals surface area contributed by atoms with Crippen molar-refractivity contribution in [2.75, 3.05) is 11.9 Å². The van der Waals surface area contributed by atoms with Crippen LogP contribution in [0.2, 0.25) is 0 Å².